The van der Waals surface area contributed by atoms with E-state index in [0.717, 1.165) is 16.4 Å². The molecule has 0 fully saturated rings. The Morgan fingerprint density at radius 1 is 1.36 bits per heavy atom. The molecule has 9 heteroatoms. The molecule has 0 unspecified atom stereocenters. The van der Waals surface area contributed by atoms with E-state index in [9.17, 15) is 4.79 Å². The van der Waals surface area contributed by atoms with Crippen LogP contribution in [-0.2, 0) is 19.4 Å². The number of carbonyl (C=O) groups is 1. The monoisotopic (exact) mass is 382 g/mol. The lowest BCUT2D eigenvalue weighted by atomic mass is 10.4. The zero-order valence-corrected chi connectivity index (χ0v) is 15.7. The first-order valence-corrected chi connectivity index (χ1v) is 8.17. The molecule has 2 aromatic rings. The van der Waals surface area contributed by atoms with E-state index in [2.05, 4.69) is 16.9 Å². The maximum absolute atomic E-state index is 12.3. The normalized spacial score (nSPS) is 9.77. The predicted octanol–water partition coefficient (Wildman–Crippen LogP) is 2.78. The van der Waals surface area contributed by atoms with Crippen LogP contribution in [0, 0.1) is 0 Å². The highest BCUT2D eigenvalue weighted by Crippen LogP contribution is 2.17. The predicted molar refractivity (Wildman–Crippen MR) is 96.7 cm³/mol. The number of amides is 1. The molecule has 124 valence electrons. The number of aromatic nitrogens is 2. The van der Waals surface area contributed by atoms with Crippen LogP contribution in [0.3, 0.4) is 0 Å². The molecule has 2 rings (SSSR count). The van der Waals surface area contributed by atoms with E-state index in [-0.39, 0.29) is 30.7 Å². The maximum atomic E-state index is 12.3. The number of rotatable bonds is 6. The molecule has 22 heavy (non-hydrogen) atoms. The van der Waals surface area contributed by atoms with Crippen molar-refractivity contribution in [3.63, 3.8) is 0 Å². The summed E-state index contributed by atoms with van der Waals surface area (Å²) in [5.74, 6) is -0.0715. The van der Waals surface area contributed by atoms with Gasteiger partial charge in [-0.3, -0.25) is 4.79 Å². The smallest absolute Gasteiger partial charge is 0.273 e. The minimum atomic E-state index is -0.0715. The second-order valence-corrected chi connectivity index (χ2v) is 6.54. The van der Waals surface area contributed by atoms with Gasteiger partial charge in [-0.2, -0.15) is 0 Å². The van der Waals surface area contributed by atoms with Gasteiger partial charge in [-0.15, -0.1) is 47.5 Å². The maximum Gasteiger partial charge on any atom is 0.273 e. The fraction of sp³-hybridized carbons (Fsp3) is 0.462. The number of thiazole rings is 2. The minimum Gasteiger partial charge on any atom is -0.334 e. The molecule has 2 heterocycles. The molecule has 0 bridgehead atoms. The van der Waals surface area contributed by atoms with E-state index in [4.69, 9.17) is 5.73 Å². The van der Waals surface area contributed by atoms with Gasteiger partial charge in [-0.1, -0.05) is 6.92 Å². The molecule has 1 amide bonds. The van der Waals surface area contributed by atoms with E-state index >= 15 is 0 Å². The van der Waals surface area contributed by atoms with Crippen LogP contribution in [-0.4, -0.2) is 34.4 Å². The Bertz CT molecular complexity index is 588. The summed E-state index contributed by atoms with van der Waals surface area (Å²) in [5.41, 5.74) is 5.98. The van der Waals surface area contributed by atoms with Crippen LogP contribution in [0.25, 0.3) is 0 Å². The van der Waals surface area contributed by atoms with Gasteiger partial charge >= 0.3 is 0 Å². The lowest BCUT2D eigenvalue weighted by molar-refractivity contribution is 0.0780. The van der Waals surface area contributed by atoms with E-state index in [1.165, 1.54) is 16.2 Å². The summed E-state index contributed by atoms with van der Waals surface area (Å²) in [5, 5.41) is 3.66. The first-order chi connectivity index (χ1) is 9.63. The molecule has 2 aromatic heterocycles. The average molecular weight is 383 g/mol. The second kappa shape index (κ2) is 10.1. The zero-order chi connectivity index (χ0) is 14.5. The van der Waals surface area contributed by atoms with Crippen molar-refractivity contribution < 1.29 is 4.79 Å². The Hall–Kier alpha value is -0.730. The van der Waals surface area contributed by atoms with Gasteiger partial charge in [-0.25, -0.2) is 9.97 Å². The fourth-order valence-corrected chi connectivity index (χ4v) is 3.41. The quantitative estimate of drug-likeness (QED) is 0.833. The van der Waals surface area contributed by atoms with E-state index in [1.54, 1.807) is 28.7 Å². The fourth-order valence-electron chi connectivity index (χ4n) is 1.70. The lowest BCUT2D eigenvalue weighted by Gasteiger charge is -2.13. The molecule has 2 N–H and O–H groups in total. The van der Waals surface area contributed by atoms with Crippen molar-refractivity contribution in [3.8, 4) is 0 Å². The highest BCUT2D eigenvalue weighted by atomic mass is 35.5. The summed E-state index contributed by atoms with van der Waals surface area (Å²) in [6.45, 7) is 3.17. The molecule has 0 saturated heterocycles. The largest absolute Gasteiger partial charge is 0.334 e. The van der Waals surface area contributed by atoms with Crippen LogP contribution in [0.4, 0.5) is 0 Å². The second-order valence-electron chi connectivity index (χ2n) is 4.40. The summed E-state index contributed by atoms with van der Waals surface area (Å²) in [6, 6.07) is 0. The van der Waals surface area contributed by atoms with Gasteiger partial charge in [0.05, 0.1) is 11.6 Å². The number of halogens is 2. The first kappa shape index (κ1) is 21.3. The van der Waals surface area contributed by atoms with E-state index < -0.39 is 0 Å². The van der Waals surface area contributed by atoms with Gasteiger partial charge in [0, 0.05) is 29.9 Å². The molecule has 0 aromatic carbocycles. The molecular formula is C13H20Cl2N4OS2. The van der Waals surface area contributed by atoms with Crippen molar-refractivity contribution in [1.29, 1.82) is 0 Å². The molecule has 0 aliphatic rings. The number of aryl methyl sites for hydroxylation is 1. The molecule has 0 atom stereocenters. The van der Waals surface area contributed by atoms with Gasteiger partial charge in [0.25, 0.3) is 5.91 Å². The van der Waals surface area contributed by atoms with E-state index in [1.807, 2.05) is 6.20 Å². The third kappa shape index (κ3) is 5.48. The SMILES string of the molecule is CCc1cnc(CN(C)C(=O)c2csc(CCN)n2)s1.Cl.Cl. The molecule has 0 radical (unpaired) electrons. The molecule has 0 aliphatic carbocycles. The summed E-state index contributed by atoms with van der Waals surface area (Å²) >= 11 is 3.13. The number of nitrogens with zero attached hydrogens (tertiary/aromatic N) is 3. The van der Waals surface area contributed by atoms with Crippen molar-refractivity contribution in [1.82, 2.24) is 14.9 Å². The van der Waals surface area contributed by atoms with Crippen LogP contribution in [0.15, 0.2) is 11.6 Å². The number of hydrogen-bond acceptors (Lipinski definition) is 6. The summed E-state index contributed by atoms with van der Waals surface area (Å²) in [4.78, 5) is 23.8. The highest BCUT2D eigenvalue weighted by Gasteiger charge is 2.16. The minimum absolute atomic E-state index is 0. The van der Waals surface area contributed by atoms with Gasteiger partial charge in [0.2, 0.25) is 0 Å². The Kier molecular flexibility index (Phi) is 9.79. The van der Waals surface area contributed by atoms with Crippen LogP contribution in [0.5, 0.6) is 0 Å². The molecule has 0 aliphatic heterocycles. The Balaban J connectivity index is 0.00000220. The van der Waals surface area contributed by atoms with Gasteiger partial charge in [0.15, 0.2) is 0 Å². The third-order valence-electron chi connectivity index (χ3n) is 2.80. The lowest BCUT2D eigenvalue weighted by Crippen LogP contribution is -2.26. The van der Waals surface area contributed by atoms with Crippen molar-refractivity contribution in [3.05, 3.63) is 32.2 Å². The number of nitrogens with two attached hydrogens (primary N) is 1. The highest BCUT2D eigenvalue weighted by molar-refractivity contribution is 7.11. The summed E-state index contributed by atoms with van der Waals surface area (Å²) in [7, 11) is 1.78. The van der Waals surface area contributed by atoms with Crippen LogP contribution >= 0.6 is 47.5 Å². The van der Waals surface area contributed by atoms with Gasteiger partial charge in [-0.05, 0) is 13.0 Å². The number of hydrogen-bond donors (Lipinski definition) is 1. The van der Waals surface area contributed by atoms with E-state index in [0.29, 0.717) is 25.2 Å². The van der Waals surface area contributed by atoms with Gasteiger partial charge < -0.3 is 10.6 Å². The standard InChI is InChI=1S/C13H18N4OS2.2ClH/c1-3-9-6-15-12(20-9)7-17(2)13(18)10-8-19-11(16-10)4-5-14;;/h6,8H,3-5,7,14H2,1-2H3;2*1H. The van der Waals surface area contributed by atoms with Crippen molar-refractivity contribution in [2.45, 2.75) is 26.3 Å². The Morgan fingerprint density at radius 2 is 2.09 bits per heavy atom. The number of carbonyl (C=O) groups excluding carboxylic acids is 1. The molecule has 0 spiro atoms. The first-order valence-electron chi connectivity index (χ1n) is 6.47. The summed E-state index contributed by atoms with van der Waals surface area (Å²) in [6.07, 6.45) is 3.57. The Labute approximate surface area is 150 Å². The van der Waals surface area contributed by atoms with Crippen LogP contribution in [0.2, 0.25) is 0 Å². The zero-order valence-electron chi connectivity index (χ0n) is 12.4. The molecular weight excluding hydrogens is 363 g/mol. The third-order valence-corrected chi connectivity index (χ3v) is 4.83. The van der Waals surface area contributed by atoms with Crippen molar-refractivity contribution in [2.75, 3.05) is 13.6 Å². The molecule has 5 nitrogen and oxygen atoms in total. The topological polar surface area (TPSA) is 72.1 Å². The summed E-state index contributed by atoms with van der Waals surface area (Å²) < 4.78 is 0. The van der Waals surface area contributed by atoms with Crippen LogP contribution in [0.1, 0.15) is 32.3 Å². The molecule has 0 saturated carbocycles. The van der Waals surface area contributed by atoms with Crippen molar-refractivity contribution >= 4 is 53.4 Å². The van der Waals surface area contributed by atoms with Crippen molar-refractivity contribution in [2.24, 2.45) is 5.73 Å². The Morgan fingerprint density at radius 3 is 2.68 bits per heavy atom. The van der Waals surface area contributed by atoms with Crippen LogP contribution < -0.4 is 5.73 Å². The van der Waals surface area contributed by atoms with Gasteiger partial charge in [0.1, 0.15) is 10.7 Å². The average Bonchev–Trinajstić information content (AvgIpc) is 3.07.